The van der Waals surface area contributed by atoms with Crippen LogP contribution in [0, 0.1) is 16.0 Å². The summed E-state index contributed by atoms with van der Waals surface area (Å²) in [5, 5.41) is 14.5. The first-order valence-corrected chi connectivity index (χ1v) is 9.92. The Morgan fingerprint density at radius 1 is 1.28 bits per heavy atom. The van der Waals surface area contributed by atoms with Crippen molar-refractivity contribution < 1.29 is 14.5 Å². The highest BCUT2D eigenvalue weighted by Gasteiger charge is 2.25. The Morgan fingerprint density at radius 2 is 2.03 bits per heavy atom. The molecule has 7 heteroatoms. The predicted octanol–water partition coefficient (Wildman–Crippen LogP) is 3.81. The van der Waals surface area contributed by atoms with Gasteiger partial charge in [-0.3, -0.25) is 14.9 Å². The molecular formula is C22H27N3O4. The van der Waals surface area contributed by atoms with Crippen LogP contribution in [0.2, 0.25) is 0 Å². The number of hydrogen-bond donors (Lipinski definition) is 1. The Bertz CT molecular complexity index is 867. The average Bonchev–Trinajstić information content (AvgIpc) is 2.73. The maximum Gasteiger partial charge on any atom is 0.293 e. The summed E-state index contributed by atoms with van der Waals surface area (Å²) in [6.07, 6.45) is 2.83. The number of amides is 1. The number of anilines is 1. The molecule has 0 bridgehead atoms. The number of carbonyl (C=O) groups is 1. The van der Waals surface area contributed by atoms with E-state index in [2.05, 4.69) is 17.1 Å². The molecule has 1 amide bonds. The van der Waals surface area contributed by atoms with Crippen LogP contribution in [-0.2, 0) is 6.42 Å². The highest BCUT2D eigenvalue weighted by molar-refractivity contribution is 5.95. The van der Waals surface area contributed by atoms with Gasteiger partial charge in [0.15, 0.2) is 0 Å². The third-order valence-corrected chi connectivity index (χ3v) is 5.29. The van der Waals surface area contributed by atoms with E-state index < -0.39 is 4.92 Å². The van der Waals surface area contributed by atoms with Crippen LogP contribution in [0.1, 0.15) is 35.7 Å². The molecule has 2 aromatic rings. The van der Waals surface area contributed by atoms with Crippen LogP contribution >= 0.6 is 0 Å². The zero-order valence-electron chi connectivity index (χ0n) is 16.9. The summed E-state index contributed by atoms with van der Waals surface area (Å²) < 4.78 is 5.13. The van der Waals surface area contributed by atoms with E-state index in [0.29, 0.717) is 30.1 Å². The summed E-state index contributed by atoms with van der Waals surface area (Å²) in [6.45, 7) is 4.21. The zero-order chi connectivity index (χ0) is 20.8. The van der Waals surface area contributed by atoms with Crippen LogP contribution in [0.25, 0.3) is 0 Å². The number of nitro benzene ring substituents is 1. The molecule has 0 radical (unpaired) electrons. The summed E-state index contributed by atoms with van der Waals surface area (Å²) in [7, 11) is 1.62. The van der Waals surface area contributed by atoms with Gasteiger partial charge in [0.25, 0.3) is 11.6 Å². The van der Waals surface area contributed by atoms with Crippen molar-refractivity contribution in [2.24, 2.45) is 5.92 Å². The molecule has 1 atom stereocenters. The van der Waals surface area contributed by atoms with Crippen molar-refractivity contribution in [2.75, 3.05) is 31.6 Å². The standard InChI is InChI=1S/C22H27N3O4/c1-16-4-3-13-24(15-16)20-10-7-18(14-21(20)25(27)28)22(26)23-12-11-17-5-8-19(29-2)9-6-17/h5-10,14,16H,3-4,11-13,15H2,1-2H3,(H,23,26)/t16-/m1/s1. The van der Waals surface area contributed by atoms with Gasteiger partial charge in [0.2, 0.25) is 0 Å². The van der Waals surface area contributed by atoms with Crippen LogP contribution in [0.15, 0.2) is 42.5 Å². The molecule has 0 aliphatic carbocycles. The Labute approximate surface area is 170 Å². The monoisotopic (exact) mass is 397 g/mol. The van der Waals surface area contributed by atoms with E-state index in [-0.39, 0.29) is 11.6 Å². The lowest BCUT2D eigenvalue weighted by Crippen LogP contribution is -2.34. The minimum atomic E-state index is -0.400. The first kappa shape index (κ1) is 20.6. The summed E-state index contributed by atoms with van der Waals surface area (Å²) in [6, 6.07) is 12.4. The van der Waals surface area contributed by atoms with Crippen LogP contribution in [0.4, 0.5) is 11.4 Å². The number of ether oxygens (including phenoxy) is 1. The van der Waals surface area contributed by atoms with Gasteiger partial charge in [-0.2, -0.15) is 0 Å². The number of piperidine rings is 1. The maximum absolute atomic E-state index is 12.5. The topological polar surface area (TPSA) is 84.7 Å². The summed E-state index contributed by atoms with van der Waals surface area (Å²) in [5.74, 6) is 0.984. The first-order chi connectivity index (χ1) is 14.0. The fourth-order valence-electron chi connectivity index (χ4n) is 3.70. The molecule has 1 heterocycles. The van der Waals surface area contributed by atoms with Gasteiger partial charge in [0.1, 0.15) is 11.4 Å². The highest BCUT2D eigenvalue weighted by Crippen LogP contribution is 2.32. The Kier molecular flexibility index (Phi) is 6.69. The second-order valence-corrected chi connectivity index (χ2v) is 7.51. The first-order valence-electron chi connectivity index (χ1n) is 9.92. The maximum atomic E-state index is 12.5. The van der Waals surface area contributed by atoms with Crippen molar-refractivity contribution in [1.82, 2.24) is 5.32 Å². The minimum Gasteiger partial charge on any atom is -0.497 e. The van der Waals surface area contributed by atoms with Gasteiger partial charge in [-0.25, -0.2) is 0 Å². The van der Waals surface area contributed by atoms with E-state index in [4.69, 9.17) is 4.74 Å². The van der Waals surface area contributed by atoms with Crippen molar-refractivity contribution >= 4 is 17.3 Å². The number of rotatable bonds is 7. The molecule has 3 rings (SSSR count). The molecule has 0 unspecified atom stereocenters. The SMILES string of the molecule is COc1ccc(CCNC(=O)c2ccc(N3CCC[C@@H](C)C3)c([N+](=O)[O-])c2)cc1. The van der Waals surface area contributed by atoms with E-state index in [1.54, 1.807) is 19.2 Å². The lowest BCUT2D eigenvalue weighted by Gasteiger charge is -2.32. The normalized spacial score (nSPS) is 16.3. The Morgan fingerprint density at radius 3 is 2.69 bits per heavy atom. The molecule has 154 valence electrons. The summed E-state index contributed by atoms with van der Waals surface area (Å²) >= 11 is 0. The molecule has 1 aliphatic rings. The third-order valence-electron chi connectivity index (χ3n) is 5.29. The minimum absolute atomic E-state index is 0.0121. The van der Waals surface area contributed by atoms with Gasteiger partial charge in [0, 0.05) is 31.3 Å². The summed E-state index contributed by atoms with van der Waals surface area (Å²) in [5.41, 5.74) is 1.96. The predicted molar refractivity (Wildman–Crippen MR) is 113 cm³/mol. The van der Waals surface area contributed by atoms with E-state index >= 15 is 0 Å². The molecular weight excluding hydrogens is 370 g/mol. The van der Waals surface area contributed by atoms with Gasteiger partial charge in [-0.15, -0.1) is 0 Å². The fourth-order valence-corrected chi connectivity index (χ4v) is 3.70. The molecule has 29 heavy (non-hydrogen) atoms. The van der Waals surface area contributed by atoms with Gasteiger partial charge in [-0.1, -0.05) is 19.1 Å². The van der Waals surface area contributed by atoms with Crippen molar-refractivity contribution in [1.29, 1.82) is 0 Å². The average molecular weight is 397 g/mol. The Hall–Kier alpha value is -3.09. The number of hydrogen-bond acceptors (Lipinski definition) is 5. The molecule has 1 fully saturated rings. The van der Waals surface area contributed by atoms with Crippen LogP contribution in [0.5, 0.6) is 5.75 Å². The number of nitrogens with zero attached hydrogens (tertiary/aromatic N) is 2. The molecule has 1 saturated heterocycles. The number of benzene rings is 2. The molecule has 1 aliphatic heterocycles. The lowest BCUT2D eigenvalue weighted by molar-refractivity contribution is -0.384. The van der Waals surface area contributed by atoms with Crippen LogP contribution in [-0.4, -0.2) is 37.6 Å². The van der Waals surface area contributed by atoms with E-state index in [1.807, 2.05) is 24.3 Å². The van der Waals surface area contributed by atoms with Crippen LogP contribution in [0.3, 0.4) is 0 Å². The van der Waals surface area contributed by atoms with Gasteiger partial charge < -0.3 is 15.0 Å². The number of carbonyl (C=O) groups excluding carboxylic acids is 1. The van der Waals surface area contributed by atoms with Crippen molar-refractivity contribution in [3.63, 3.8) is 0 Å². The van der Waals surface area contributed by atoms with Gasteiger partial charge in [-0.05, 0) is 55.0 Å². The highest BCUT2D eigenvalue weighted by atomic mass is 16.6. The molecule has 0 saturated carbocycles. The molecule has 2 aromatic carbocycles. The van der Waals surface area contributed by atoms with Crippen molar-refractivity contribution in [2.45, 2.75) is 26.2 Å². The van der Waals surface area contributed by atoms with E-state index in [1.165, 1.54) is 6.07 Å². The smallest absolute Gasteiger partial charge is 0.293 e. The van der Waals surface area contributed by atoms with E-state index in [9.17, 15) is 14.9 Å². The Balaban J connectivity index is 1.65. The number of nitrogens with one attached hydrogen (secondary N) is 1. The molecule has 7 nitrogen and oxygen atoms in total. The van der Waals surface area contributed by atoms with Gasteiger partial charge in [0.05, 0.1) is 12.0 Å². The molecule has 0 aromatic heterocycles. The lowest BCUT2D eigenvalue weighted by atomic mass is 9.99. The fraction of sp³-hybridized carbons (Fsp3) is 0.409. The van der Waals surface area contributed by atoms with Crippen LogP contribution < -0.4 is 15.0 Å². The molecule has 0 spiro atoms. The zero-order valence-corrected chi connectivity index (χ0v) is 16.9. The van der Waals surface area contributed by atoms with Crippen molar-refractivity contribution in [3.8, 4) is 5.75 Å². The van der Waals surface area contributed by atoms with E-state index in [0.717, 1.165) is 37.2 Å². The second-order valence-electron chi connectivity index (χ2n) is 7.51. The number of methoxy groups -OCH3 is 1. The second kappa shape index (κ2) is 9.41. The summed E-state index contributed by atoms with van der Waals surface area (Å²) in [4.78, 5) is 25.7. The largest absolute Gasteiger partial charge is 0.497 e. The third kappa shape index (κ3) is 5.25. The van der Waals surface area contributed by atoms with Crippen molar-refractivity contribution in [3.05, 3.63) is 63.7 Å². The quantitative estimate of drug-likeness (QED) is 0.567. The van der Waals surface area contributed by atoms with Gasteiger partial charge >= 0.3 is 0 Å². The molecule has 1 N–H and O–H groups in total. The number of nitro groups is 1.